The molecule has 0 aliphatic carbocycles. The Morgan fingerprint density at radius 2 is 1.83 bits per heavy atom. The predicted octanol–water partition coefficient (Wildman–Crippen LogP) is 4.27. The number of methoxy groups -OCH3 is 3. The third-order valence-corrected chi connectivity index (χ3v) is 5.82. The molecule has 2 amide bonds. The minimum absolute atomic E-state index is 0.145. The van der Waals surface area contributed by atoms with Gasteiger partial charge in [-0.2, -0.15) is 0 Å². The minimum Gasteiger partial charge on any atom is -0.497 e. The Hall–Kier alpha value is -4.20. The van der Waals surface area contributed by atoms with E-state index in [1.54, 1.807) is 69.6 Å². The fourth-order valence-electron chi connectivity index (χ4n) is 4.06. The van der Waals surface area contributed by atoms with Gasteiger partial charge in [0, 0.05) is 35.5 Å². The summed E-state index contributed by atoms with van der Waals surface area (Å²) in [5.41, 5.74) is 2.68. The van der Waals surface area contributed by atoms with Gasteiger partial charge in [-0.15, -0.1) is 0 Å². The number of rotatable bonds is 7. The maximum atomic E-state index is 13.1. The molecule has 8 nitrogen and oxygen atoms in total. The van der Waals surface area contributed by atoms with Crippen LogP contribution in [0.1, 0.15) is 28.4 Å². The monoisotopic (exact) mass is 476 g/mol. The van der Waals surface area contributed by atoms with Gasteiger partial charge >= 0.3 is 0 Å². The Morgan fingerprint density at radius 3 is 2.57 bits per heavy atom. The largest absolute Gasteiger partial charge is 0.497 e. The molecule has 0 saturated carbocycles. The van der Waals surface area contributed by atoms with Crippen LogP contribution in [0.4, 0.5) is 5.69 Å². The van der Waals surface area contributed by atoms with E-state index in [0.29, 0.717) is 47.3 Å². The second-order valence-electron chi connectivity index (χ2n) is 8.12. The van der Waals surface area contributed by atoms with Gasteiger partial charge in [0.15, 0.2) is 17.6 Å². The first-order valence-electron chi connectivity index (χ1n) is 11.2. The molecule has 182 valence electrons. The third-order valence-electron chi connectivity index (χ3n) is 5.82. The molecule has 4 rings (SSSR count). The average Bonchev–Trinajstić information content (AvgIpc) is 2.99. The highest BCUT2D eigenvalue weighted by molar-refractivity contribution is 6.04. The van der Waals surface area contributed by atoms with Crippen LogP contribution in [0.15, 0.2) is 60.7 Å². The number of ether oxygens (including phenoxy) is 4. The van der Waals surface area contributed by atoms with Crippen molar-refractivity contribution in [3.05, 3.63) is 77.4 Å². The van der Waals surface area contributed by atoms with Gasteiger partial charge in [0.25, 0.3) is 11.8 Å². The Kier molecular flexibility index (Phi) is 7.10. The van der Waals surface area contributed by atoms with E-state index in [9.17, 15) is 9.59 Å². The van der Waals surface area contributed by atoms with Crippen LogP contribution in [0.3, 0.4) is 0 Å². The zero-order valence-corrected chi connectivity index (χ0v) is 20.2. The van der Waals surface area contributed by atoms with E-state index in [1.807, 2.05) is 24.3 Å². The van der Waals surface area contributed by atoms with Crippen molar-refractivity contribution in [2.75, 3.05) is 26.6 Å². The molecule has 0 bridgehead atoms. The highest BCUT2D eigenvalue weighted by atomic mass is 16.5. The van der Waals surface area contributed by atoms with Crippen LogP contribution < -0.4 is 24.3 Å². The second kappa shape index (κ2) is 10.4. The average molecular weight is 477 g/mol. The maximum absolute atomic E-state index is 13.1. The van der Waals surface area contributed by atoms with E-state index >= 15 is 0 Å². The Balaban J connectivity index is 1.59. The van der Waals surface area contributed by atoms with Crippen molar-refractivity contribution in [1.29, 1.82) is 0 Å². The number of nitrogens with zero attached hydrogens (tertiary/aromatic N) is 1. The fraction of sp³-hybridized carbons (Fsp3) is 0.259. The number of para-hydroxylation sites is 1. The number of benzene rings is 3. The van der Waals surface area contributed by atoms with E-state index in [0.717, 1.165) is 11.1 Å². The van der Waals surface area contributed by atoms with Gasteiger partial charge < -0.3 is 29.2 Å². The van der Waals surface area contributed by atoms with Gasteiger partial charge in [0.1, 0.15) is 11.5 Å². The molecule has 1 aliphatic heterocycles. The van der Waals surface area contributed by atoms with Crippen molar-refractivity contribution >= 4 is 17.5 Å². The smallest absolute Gasteiger partial charge is 0.263 e. The van der Waals surface area contributed by atoms with Crippen LogP contribution in [-0.4, -0.2) is 44.1 Å². The molecule has 3 aromatic rings. The summed E-state index contributed by atoms with van der Waals surface area (Å²) in [6, 6.07) is 17.9. The highest BCUT2D eigenvalue weighted by Gasteiger charge is 2.29. The van der Waals surface area contributed by atoms with Gasteiger partial charge in [0.2, 0.25) is 0 Å². The molecule has 3 aromatic carbocycles. The SMILES string of the molecule is COc1cccc(C(=O)Nc2ccc3c(c2)CN(Cc2cccc(OC)c2OC)C(=O)C(C)O3)c1. The number of amides is 2. The summed E-state index contributed by atoms with van der Waals surface area (Å²) in [6.07, 6.45) is -0.662. The van der Waals surface area contributed by atoms with Gasteiger partial charge in [-0.25, -0.2) is 0 Å². The number of anilines is 1. The molecular weight excluding hydrogens is 448 g/mol. The zero-order chi connectivity index (χ0) is 24.9. The molecule has 0 saturated heterocycles. The summed E-state index contributed by atoms with van der Waals surface area (Å²) in [5.74, 6) is 1.97. The van der Waals surface area contributed by atoms with Crippen molar-refractivity contribution < 1.29 is 28.5 Å². The molecule has 0 spiro atoms. The summed E-state index contributed by atoms with van der Waals surface area (Å²) < 4.78 is 22.1. The van der Waals surface area contributed by atoms with Gasteiger partial charge in [0.05, 0.1) is 21.3 Å². The molecule has 35 heavy (non-hydrogen) atoms. The summed E-state index contributed by atoms with van der Waals surface area (Å²) in [6.45, 7) is 2.35. The Morgan fingerprint density at radius 1 is 1.03 bits per heavy atom. The van der Waals surface area contributed by atoms with Crippen molar-refractivity contribution in [3.63, 3.8) is 0 Å². The highest BCUT2D eigenvalue weighted by Crippen LogP contribution is 2.34. The Bertz CT molecular complexity index is 1240. The molecule has 8 heteroatoms. The zero-order valence-electron chi connectivity index (χ0n) is 20.2. The van der Waals surface area contributed by atoms with Crippen LogP contribution in [0.5, 0.6) is 23.0 Å². The predicted molar refractivity (Wildman–Crippen MR) is 131 cm³/mol. The molecule has 1 unspecified atom stereocenters. The van der Waals surface area contributed by atoms with Crippen molar-refractivity contribution in [2.45, 2.75) is 26.1 Å². The summed E-state index contributed by atoms with van der Waals surface area (Å²) in [4.78, 5) is 27.6. The molecule has 0 radical (unpaired) electrons. The second-order valence-corrected chi connectivity index (χ2v) is 8.12. The summed E-state index contributed by atoms with van der Waals surface area (Å²) in [7, 11) is 4.70. The maximum Gasteiger partial charge on any atom is 0.263 e. The lowest BCUT2D eigenvalue weighted by Crippen LogP contribution is -2.37. The van der Waals surface area contributed by atoms with Crippen LogP contribution in [0, 0.1) is 0 Å². The quantitative estimate of drug-likeness (QED) is 0.548. The third kappa shape index (κ3) is 5.16. The fourth-order valence-corrected chi connectivity index (χ4v) is 4.06. The number of nitrogens with one attached hydrogen (secondary N) is 1. The number of hydrogen-bond donors (Lipinski definition) is 1. The van der Waals surface area contributed by atoms with Crippen molar-refractivity contribution in [2.24, 2.45) is 0 Å². The molecule has 1 aliphatic rings. The standard InChI is InChI=1S/C27H28N2O6/c1-17-27(31)29(15-19-8-6-10-24(33-3)25(19)34-4)16-20-13-21(11-12-23(20)35-17)28-26(30)18-7-5-9-22(14-18)32-2/h5-14,17H,15-16H2,1-4H3,(H,28,30). The first-order valence-corrected chi connectivity index (χ1v) is 11.2. The van der Waals surface area contributed by atoms with Gasteiger partial charge in [-0.05, 0) is 49.4 Å². The van der Waals surface area contributed by atoms with E-state index in [2.05, 4.69) is 5.32 Å². The minimum atomic E-state index is -0.662. The molecule has 1 heterocycles. The lowest BCUT2D eigenvalue weighted by molar-refractivity contribution is -0.138. The molecule has 1 N–H and O–H groups in total. The van der Waals surface area contributed by atoms with Gasteiger partial charge in [-0.3, -0.25) is 9.59 Å². The lowest BCUT2D eigenvalue weighted by atomic mass is 10.1. The topological polar surface area (TPSA) is 86.3 Å². The van der Waals surface area contributed by atoms with Crippen molar-refractivity contribution in [1.82, 2.24) is 4.90 Å². The normalized spacial score (nSPS) is 14.9. The van der Waals surface area contributed by atoms with Gasteiger partial charge in [-0.1, -0.05) is 18.2 Å². The summed E-state index contributed by atoms with van der Waals surface area (Å²) >= 11 is 0. The van der Waals surface area contributed by atoms with E-state index in [-0.39, 0.29) is 11.8 Å². The van der Waals surface area contributed by atoms with Crippen molar-refractivity contribution in [3.8, 4) is 23.0 Å². The van der Waals surface area contributed by atoms with E-state index < -0.39 is 6.10 Å². The van der Waals surface area contributed by atoms with Crippen LogP contribution >= 0.6 is 0 Å². The first kappa shape index (κ1) is 23.9. The lowest BCUT2D eigenvalue weighted by Gasteiger charge is -2.24. The van der Waals surface area contributed by atoms with Crippen LogP contribution in [0.25, 0.3) is 0 Å². The number of hydrogen-bond acceptors (Lipinski definition) is 6. The summed E-state index contributed by atoms with van der Waals surface area (Å²) in [5, 5.41) is 2.91. The van der Waals surface area contributed by atoms with Crippen LogP contribution in [-0.2, 0) is 17.9 Å². The van der Waals surface area contributed by atoms with E-state index in [4.69, 9.17) is 18.9 Å². The molecular formula is C27H28N2O6. The number of carbonyl (C=O) groups is 2. The van der Waals surface area contributed by atoms with Crippen LogP contribution in [0.2, 0.25) is 0 Å². The molecule has 1 atom stereocenters. The molecule has 0 aromatic heterocycles. The number of fused-ring (bicyclic) bond motifs is 1. The van der Waals surface area contributed by atoms with E-state index in [1.165, 1.54) is 0 Å². The molecule has 0 fully saturated rings. The first-order chi connectivity index (χ1) is 16.9. The number of carbonyl (C=O) groups excluding carboxylic acids is 2. The Labute approximate surface area is 204 Å².